The van der Waals surface area contributed by atoms with Gasteiger partial charge in [-0.1, -0.05) is 0 Å². The van der Waals surface area contributed by atoms with Crippen LogP contribution in [-0.4, -0.2) is 34.5 Å². The Kier molecular flexibility index (Phi) is 2.67. The first-order chi connectivity index (χ1) is 9.56. The highest BCUT2D eigenvalue weighted by atomic mass is 16.4. The van der Waals surface area contributed by atoms with E-state index in [0.29, 0.717) is 16.6 Å². The van der Waals surface area contributed by atoms with Crippen molar-refractivity contribution in [2.75, 3.05) is 11.4 Å². The average molecular weight is 273 g/mol. The smallest absolute Gasteiger partial charge is 0.337 e. The van der Waals surface area contributed by atoms with E-state index in [1.807, 2.05) is 0 Å². The molecule has 1 aromatic heterocycles. The van der Waals surface area contributed by atoms with E-state index < -0.39 is 12.0 Å². The first kappa shape index (κ1) is 12.2. The highest BCUT2D eigenvalue weighted by Crippen LogP contribution is 2.26. The first-order valence-electron chi connectivity index (χ1n) is 6.02. The summed E-state index contributed by atoms with van der Waals surface area (Å²) in [5.74, 6) is -1.40. The summed E-state index contributed by atoms with van der Waals surface area (Å²) in [6.07, 6.45) is 1.83. The van der Waals surface area contributed by atoms with Crippen LogP contribution in [0, 0.1) is 0 Å². The molecule has 7 heteroatoms. The Bertz CT molecular complexity index is 734. The molecule has 3 rings (SSSR count). The third kappa shape index (κ3) is 1.89. The van der Waals surface area contributed by atoms with E-state index in [1.165, 1.54) is 11.0 Å². The molecule has 3 amide bonds. The van der Waals surface area contributed by atoms with Crippen LogP contribution in [0.4, 0.5) is 10.5 Å². The Hall–Kier alpha value is -2.83. The van der Waals surface area contributed by atoms with Gasteiger partial charge in [0.25, 0.3) is 0 Å². The van der Waals surface area contributed by atoms with Gasteiger partial charge in [0.05, 0.1) is 11.1 Å². The molecule has 0 spiro atoms. The fourth-order valence-corrected chi connectivity index (χ4v) is 2.29. The molecule has 1 aliphatic heterocycles. The maximum Gasteiger partial charge on any atom is 0.337 e. The van der Waals surface area contributed by atoms with E-state index in [1.54, 1.807) is 18.3 Å². The molecule has 0 unspecified atom stereocenters. The number of carbonyl (C=O) groups is 3. The third-order valence-corrected chi connectivity index (χ3v) is 3.24. The monoisotopic (exact) mass is 273 g/mol. The maximum atomic E-state index is 11.8. The molecule has 20 heavy (non-hydrogen) atoms. The summed E-state index contributed by atoms with van der Waals surface area (Å²) in [6, 6.07) is 4.34. The largest absolute Gasteiger partial charge is 0.478 e. The molecule has 7 nitrogen and oxygen atoms in total. The van der Waals surface area contributed by atoms with Gasteiger partial charge in [0.15, 0.2) is 0 Å². The van der Waals surface area contributed by atoms with Crippen molar-refractivity contribution >= 4 is 34.5 Å². The van der Waals surface area contributed by atoms with Crippen LogP contribution in [0.15, 0.2) is 24.4 Å². The lowest BCUT2D eigenvalue weighted by Crippen LogP contribution is -2.49. The predicted molar refractivity (Wildman–Crippen MR) is 70.8 cm³/mol. The number of imide groups is 1. The number of benzene rings is 1. The fraction of sp³-hybridized carbons (Fsp3) is 0.154. The Morgan fingerprint density at radius 1 is 1.30 bits per heavy atom. The molecule has 1 fully saturated rings. The van der Waals surface area contributed by atoms with Crippen molar-refractivity contribution in [2.24, 2.45) is 0 Å². The quantitative estimate of drug-likeness (QED) is 0.767. The van der Waals surface area contributed by atoms with Gasteiger partial charge in [0.2, 0.25) is 5.91 Å². The van der Waals surface area contributed by atoms with Crippen LogP contribution in [0.5, 0.6) is 0 Å². The lowest BCUT2D eigenvalue weighted by atomic mass is 10.1. The summed E-state index contributed by atoms with van der Waals surface area (Å²) in [7, 11) is 0. The van der Waals surface area contributed by atoms with Gasteiger partial charge in [-0.2, -0.15) is 0 Å². The van der Waals surface area contributed by atoms with Gasteiger partial charge in [-0.25, -0.2) is 9.59 Å². The normalized spacial score (nSPS) is 15.5. The van der Waals surface area contributed by atoms with E-state index in [-0.39, 0.29) is 24.4 Å². The standard InChI is InChI=1S/C13H11N3O4/c17-10-2-4-16(13(20)15-10)8-5-7-1-3-14-11(7)9(6-8)12(18)19/h1,3,5-6,14H,2,4H2,(H,18,19)(H,15,17,20). The molecular formula is C13H11N3O4. The predicted octanol–water partition coefficient (Wildman–Crippen LogP) is 1.31. The van der Waals surface area contributed by atoms with Crippen LogP contribution < -0.4 is 10.2 Å². The number of hydrogen-bond donors (Lipinski definition) is 3. The summed E-state index contributed by atoms with van der Waals surface area (Å²) < 4.78 is 0. The van der Waals surface area contributed by atoms with Crippen molar-refractivity contribution in [3.8, 4) is 0 Å². The number of nitrogens with one attached hydrogen (secondary N) is 2. The second-order valence-corrected chi connectivity index (χ2v) is 4.50. The second kappa shape index (κ2) is 4.37. The number of H-pyrrole nitrogens is 1. The summed E-state index contributed by atoms with van der Waals surface area (Å²) in [6.45, 7) is 0.236. The number of anilines is 1. The van der Waals surface area contributed by atoms with E-state index in [2.05, 4.69) is 10.3 Å². The minimum atomic E-state index is -1.08. The molecule has 2 aromatic rings. The maximum absolute atomic E-state index is 11.8. The van der Waals surface area contributed by atoms with Crippen LogP contribution in [-0.2, 0) is 4.79 Å². The number of amides is 3. The van der Waals surface area contributed by atoms with Crippen LogP contribution in [0.25, 0.3) is 10.9 Å². The number of aromatic amines is 1. The molecule has 3 N–H and O–H groups in total. The van der Waals surface area contributed by atoms with Crippen molar-refractivity contribution < 1.29 is 19.5 Å². The molecule has 1 aliphatic rings. The van der Waals surface area contributed by atoms with Gasteiger partial charge in [-0.05, 0) is 18.2 Å². The van der Waals surface area contributed by atoms with Crippen molar-refractivity contribution in [1.82, 2.24) is 10.3 Å². The molecule has 102 valence electrons. The summed E-state index contributed by atoms with van der Waals surface area (Å²) in [4.78, 5) is 38.5. The number of aromatic nitrogens is 1. The first-order valence-corrected chi connectivity index (χ1v) is 6.02. The number of carboxylic acid groups (broad SMARTS) is 1. The molecule has 0 saturated carbocycles. The van der Waals surface area contributed by atoms with Crippen molar-refractivity contribution in [3.63, 3.8) is 0 Å². The van der Waals surface area contributed by atoms with E-state index in [9.17, 15) is 19.5 Å². The number of rotatable bonds is 2. The molecule has 1 saturated heterocycles. The van der Waals surface area contributed by atoms with Crippen LogP contribution >= 0.6 is 0 Å². The zero-order chi connectivity index (χ0) is 14.3. The minimum absolute atomic E-state index is 0.0900. The van der Waals surface area contributed by atoms with E-state index >= 15 is 0 Å². The van der Waals surface area contributed by atoms with Crippen LogP contribution in [0.1, 0.15) is 16.8 Å². The number of urea groups is 1. The summed E-state index contributed by atoms with van der Waals surface area (Å²) >= 11 is 0. The van der Waals surface area contributed by atoms with E-state index in [4.69, 9.17) is 0 Å². The van der Waals surface area contributed by atoms with E-state index in [0.717, 1.165) is 0 Å². The number of fused-ring (bicyclic) bond motifs is 1. The van der Waals surface area contributed by atoms with Crippen molar-refractivity contribution in [3.05, 3.63) is 30.0 Å². The Morgan fingerprint density at radius 2 is 2.10 bits per heavy atom. The van der Waals surface area contributed by atoms with Gasteiger partial charge in [-0.15, -0.1) is 0 Å². The zero-order valence-corrected chi connectivity index (χ0v) is 10.3. The van der Waals surface area contributed by atoms with Crippen molar-refractivity contribution in [1.29, 1.82) is 0 Å². The number of carbonyl (C=O) groups excluding carboxylic acids is 2. The summed E-state index contributed by atoms with van der Waals surface area (Å²) in [5, 5.41) is 12.1. The van der Waals surface area contributed by atoms with Gasteiger partial charge in [-0.3, -0.25) is 15.0 Å². The Balaban J connectivity index is 2.10. The van der Waals surface area contributed by atoms with Gasteiger partial charge in [0.1, 0.15) is 0 Å². The van der Waals surface area contributed by atoms with Crippen LogP contribution in [0.3, 0.4) is 0 Å². The lowest BCUT2D eigenvalue weighted by molar-refractivity contribution is -0.120. The zero-order valence-electron chi connectivity index (χ0n) is 10.3. The molecular weight excluding hydrogens is 262 g/mol. The fourth-order valence-electron chi connectivity index (χ4n) is 2.29. The molecule has 0 radical (unpaired) electrons. The minimum Gasteiger partial charge on any atom is -0.478 e. The van der Waals surface area contributed by atoms with Crippen LogP contribution in [0.2, 0.25) is 0 Å². The topological polar surface area (TPSA) is 102 Å². The molecule has 0 atom stereocenters. The molecule has 2 heterocycles. The number of aromatic carboxylic acids is 1. The van der Waals surface area contributed by atoms with Gasteiger partial charge >= 0.3 is 12.0 Å². The summed E-state index contributed by atoms with van der Waals surface area (Å²) in [5.41, 5.74) is 1.06. The lowest BCUT2D eigenvalue weighted by Gasteiger charge is -2.26. The molecule has 0 bridgehead atoms. The Labute approximate surface area is 113 Å². The van der Waals surface area contributed by atoms with Gasteiger partial charge < -0.3 is 10.1 Å². The van der Waals surface area contributed by atoms with Gasteiger partial charge in [0, 0.05) is 30.2 Å². The number of carboxylic acids is 1. The average Bonchev–Trinajstić information content (AvgIpc) is 2.85. The SMILES string of the molecule is O=C1CCN(c2cc(C(=O)O)c3[nH]ccc3c2)C(=O)N1. The number of hydrogen-bond acceptors (Lipinski definition) is 3. The highest BCUT2D eigenvalue weighted by Gasteiger charge is 2.25. The second-order valence-electron chi connectivity index (χ2n) is 4.50. The number of nitrogens with zero attached hydrogens (tertiary/aromatic N) is 1. The third-order valence-electron chi connectivity index (χ3n) is 3.24. The molecule has 1 aromatic carbocycles. The highest BCUT2D eigenvalue weighted by molar-refractivity contribution is 6.09. The Morgan fingerprint density at radius 3 is 2.80 bits per heavy atom. The molecule has 0 aliphatic carbocycles. The van der Waals surface area contributed by atoms with Crippen molar-refractivity contribution in [2.45, 2.75) is 6.42 Å².